The Kier molecular flexibility index (Phi) is 5.39. The Hall–Kier alpha value is -1.81. The molecule has 0 bridgehead atoms. The second-order valence-corrected chi connectivity index (χ2v) is 5.28. The lowest BCUT2D eigenvalue weighted by Crippen LogP contribution is -2.34. The van der Waals surface area contributed by atoms with E-state index in [1.54, 1.807) is 7.11 Å². The Morgan fingerprint density at radius 1 is 1.29 bits per heavy atom. The van der Waals surface area contributed by atoms with E-state index in [0.29, 0.717) is 6.04 Å². The molecule has 0 aliphatic heterocycles. The first-order chi connectivity index (χ1) is 10.2. The molecule has 4 heteroatoms. The molecule has 0 saturated heterocycles. The minimum absolute atomic E-state index is 0.349. The van der Waals surface area contributed by atoms with E-state index in [4.69, 9.17) is 4.74 Å². The molecule has 1 N–H and O–H groups in total. The molecule has 0 radical (unpaired) electrons. The van der Waals surface area contributed by atoms with Crippen LogP contribution in [0.4, 0.5) is 5.69 Å². The first-order valence-electron chi connectivity index (χ1n) is 7.59. The lowest BCUT2D eigenvalue weighted by molar-refractivity contribution is 0.295. The third-order valence-corrected chi connectivity index (χ3v) is 3.74. The monoisotopic (exact) mass is 287 g/mol. The molecule has 1 heterocycles. The van der Waals surface area contributed by atoms with Gasteiger partial charge in [0.25, 0.3) is 0 Å². The van der Waals surface area contributed by atoms with Gasteiger partial charge in [-0.05, 0) is 32.1 Å². The van der Waals surface area contributed by atoms with Crippen LogP contribution in [-0.2, 0) is 0 Å². The normalized spacial score (nSPS) is 12.6. The summed E-state index contributed by atoms with van der Waals surface area (Å²) in [4.78, 5) is 6.91. The van der Waals surface area contributed by atoms with Gasteiger partial charge in [0.1, 0.15) is 5.75 Å². The van der Waals surface area contributed by atoms with Crippen LogP contribution in [-0.4, -0.2) is 42.7 Å². The molecule has 21 heavy (non-hydrogen) atoms. The van der Waals surface area contributed by atoms with Crippen molar-refractivity contribution in [2.24, 2.45) is 0 Å². The Labute approximate surface area is 127 Å². The van der Waals surface area contributed by atoms with E-state index in [1.165, 1.54) is 0 Å². The fourth-order valence-electron chi connectivity index (χ4n) is 2.57. The summed E-state index contributed by atoms with van der Waals surface area (Å²) < 4.78 is 5.39. The zero-order valence-electron chi connectivity index (χ0n) is 13.4. The second kappa shape index (κ2) is 7.27. The number of benzene rings is 1. The van der Waals surface area contributed by atoms with Crippen LogP contribution in [0.25, 0.3) is 10.9 Å². The molecule has 1 unspecified atom stereocenters. The number of ether oxygens (including phenoxy) is 1. The van der Waals surface area contributed by atoms with Gasteiger partial charge in [0.05, 0.1) is 18.3 Å². The summed E-state index contributed by atoms with van der Waals surface area (Å²) >= 11 is 0. The standard InChI is InChI=1S/C17H25N3O/c1-5-20(6-2)12-13(3)19-16-11-15(21-4)10-14-8-7-9-18-17(14)16/h7-11,13,19H,5-6,12H2,1-4H3. The van der Waals surface area contributed by atoms with Crippen molar-refractivity contribution in [3.05, 3.63) is 30.5 Å². The molecule has 2 rings (SSSR count). The lowest BCUT2D eigenvalue weighted by atomic mass is 10.1. The number of nitrogens with one attached hydrogen (secondary N) is 1. The van der Waals surface area contributed by atoms with Crippen LogP contribution in [0.15, 0.2) is 30.5 Å². The molecule has 0 spiro atoms. The highest BCUT2D eigenvalue weighted by molar-refractivity contribution is 5.91. The van der Waals surface area contributed by atoms with Gasteiger partial charge < -0.3 is 15.0 Å². The number of aromatic nitrogens is 1. The maximum atomic E-state index is 5.39. The summed E-state index contributed by atoms with van der Waals surface area (Å²) in [6.07, 6.45) is 1.83. The van der Waals surface area contributed by atoms with Crippen molar-refractivity contribution in [2.45, 2.75) is 26.8 Å². The van der Waals surface area contributed by atoms with E-state index < -0.39 is 0 Å². The zero-order valence-corrected chi connectivity index (χ0v) is 13.4. The Morgan fingerprint density at radius 3 is 2.71 bits per heavy atom. The van der Waals surface area contributed by atoms with E-state index >= 15 is 0 Å². The quantitative estimate of drug-likeness (QED) is 0.847. The van der Waals surface area contributed by atoms with Gasteiger partial charge in [-0.1, -0.05) is 19.9 Å². The van der Waals surface area contributed by atoms with Gasteiger partial charge in [0, 0.05) is 30.2 Å². The molecule has 2 aromatic rings. The third-order valence-electron chi connectivity index (χ3n) is 3.74. The Morgan fingerprint density at radius 2 is 2.05 bits per heavy atom. The largest absolute Gasteiger partial charge is 0.497 e. The highest BCUT2D eigenvalue weighted by atomic mass is 16.5. The number of likely N-dealkylation sites (N-methyl/N-ethyl adjacent to an activating group) is 1. The van der Waals surface area contributed by atoms with E-state index in [1.807, 2.05) is 24.4 Å². The molecule has 1 atom stereocenters. The van der Waals surface area contributed by atoms with Gasteiger partial charge in [-0.3, -0.25) is 4.98 Å². The van der Waals surface area contributed by atoms with Crippen molar-refractivity contribution in [3.8, 4) is 5.75 Å². The van der Waals surface area contributed by atoms with E-state index in [9.17, 15) is 0 Å². The SMILES string of the molecule is CCN(CC)CC(C)Nc1cc(OC)cc2cccnc12. The highest BCUT2D eigenvalue weighted by Crippen LogP contribution is 2.28. The van der Waals surface area contributed by atoms with Crippen LogP contribution in [0.2, 0.25) is 0 Å². The first kappa shape index (κ1) is 15.6. The van der Waals surface area contributed by atoms with E-state index in [0.717, 1.165) is 42.0 Å². The molecule has 4 nitrogen and oxygen atoms in total. The molecular weight excluding hydrogens is 262 g/mol. The van der Waals surface area contributed by atoms with Gasteiger partial charge in [-0.25, -0.2) is 0 Å². The van der Waals surface area contributed by atoms with Crippen LogP contribution in [0, 0.1) is 0 Å². The van der Waals surface area contributed by atoms with Gasteiger partial charge in [-0.15, -0.1) is 0 Å². The summed E-state index contributed by atoms with van der Waals surface area (Å²) in [7, 11) is 1.70. The van der Waals surface area contributed by atoms with Crippen molar-refractivity contribution >= 4 is 16.6 Å². The first-order valence-corrected chi connectivity index (χ1v) is 7.59. The number of pyridine rings is 1. The van der Waals surface area contributed by atoms with Gasteiger partial charge >= 0.3 is 0 Å². The molecule has 0 aliphatic carbocycles. The van der Waals surface area contributed by atoms with Crippen LogP contribution >= 0.6 is 0 Å². The van der Waals surface area contributed by atoms with Crippen molar-refractivity contribution in [2.75, 3.05) is 32.1 Å². The summed E-state index contributed by atoms with van der Waals surface area (Å²) in [5.74, 6) is 0.855. The predicted molar refractivity (Wildman–Crippen MR) is 89.2 cm³/mol. The average Bonchev–Trinajstić information content (AvgIpc) is 2.52. The molecular formula is C17H25N3O. The minimum atomic E-state index is 0.349. The number of anilines is 1. The van der Waals surface area contributed by atoms with Crippen LogP contribution < -0.4 is 10.1 Å². The van der Waals surface area contributed by atoms with Crippen molar-refractivity contribution < 1.29 is 4.74 Å². The van der Waals surface area contributed by atoms with Gasteiger partial charge in [0.2, 0.25) is 0 Å². The van der Waals surface area contributed by atoms with Gasteiger partial charge in [-0.2, -0.15) is 0 Å². The highest BCUT2D eigenvalue weighted by Gasteiger charge is 2.11. The summed E-state index contributed by atoms with van der Waals surface area (Å²) in [6.45, 7) is 9.74. The molecule has 0 saturated carbocycles. The number of rotatable bonds is 7. The van der Waals surface area contributed by atoms with Crippen LogP contribution in [0.3, 0.4) is 0 Å². The van der Waals surface area contributed by atoms with Crippen molar-refractivity contribution in [1.29, 1.82) is 0 Å². The second-order valence-electron chi connectivity index (χ2n) is 5.28. The zero-order chi connectivity index (χ0) is 15.2. The van der Waals surface area contributed by atoms with Gasteiger partial charge in [0.15, 0.2) is 0 Å². The molecule has 1 aromatic carbocycles. The number of methoxy groups -OCH3 is 1. The Balaban J connectivity index is 2.24. The minimum Gasteiger partial charge on any atom is -0.497 e. The Bertz CT molecular complexity index is 581. The number of nitrogens with zero attached hydrogens (tertiary/aromatic N) is 2. The van der Waals surface area contributed by atoms with Crippen molar-refractivity contribution in [1.82, 2.24) is 9.88 Å². The molecule has 0 aliphatic rings. The summed E-state index contributed by atoms with van der Waals surface area (Å²) in [5.41, 5.74) is 2.02. The summed E-state index contributed by atoms with van der Waals surface area (Å²) in [5, 5.41) is 4.67. The average molecular weight is 287 g/mol. The summed E-state index contributed by atoms with van der Waals surface area (Å²) in [6, 6.07) is 8.40. The lowest BCUT2D eigenvalue weighted by Gasteiger charge is -2.24. The number of hydrogen-bond acceptors (Lipinski definition) is 4. The maximum Gasteiger partial charge on any atom is 0.121 e. The van der Waals surface area contributed by atoms with Crippen LogP contribution in [0.5, 0.6) is 5.75 Å². The van der Waals surface area contributed by atoms with E-state index in [2.05, 4.69) is 42.0 Å². The van der Waals surface area contributed by atoms with Crippen molar-refractivity contribution in [3.63, 3.8) is 0 Å². The third kappa shape index (κ3) is 3.85. The molecule has 1 aromatic heterocycles. The fraction of sp³-hybridized carbons (Fsp3) is 0.471. The maximum absolute atomic E-state index is 5.39. The number of hydrogen-bond donors (Lipinski definition) is 1. The molecule has 114 valence electrons. The molecule has 0 fully saturated rings. The molecule has 0 amide bonds. The van der Waals surface area contributed by atoms with Crippen LogP contribution in [0.1, 0.15) is 20.8 Å². The smallest absolute Gasteiger partial charge is 0.121 e. The predicted octanol–water partition coefficient (Wildman–Crippen LogP) is 3.39. The van der Waals surface area contributed by atoms with E-state index in [-0.39, 0.29) is 0 Å². The fourth-order valence-corrected chi connectivity index (χ4v) is 2.57. The number of fused-ring (bicyclic) bond motifs is 1. The topological polar surface area (TPSA) is 37.4 Å².